The maximum Gasteiger partial charge on any atom is 0.243 e. The Morgan fingerprint density at radius 3 is 2.68 bits per heavy atom. The molecule has 0 bridgehead atoms. The highest BCUT2D eigenvalue weighted by Crippen LogP contribution is 2.29. The largest absolute Gasteiger partial charge is 0.326 e. The van der Waals surface area contributed by atoms with E-state index in [4.69, 9.17) is 0 Å². The van der Waals surface area contributed by atoms with Crippen molar-refractivity contribution in [3.05, 3.63) is 23.8 Å². The Kier molecular flexibility index (Phi) is 4.91. The van der Waals surface area contributed by atoms with Gasteiger partial charge in [0.25, 0.3) is 0 Å². The van der Waals surface area contributed by atoms with Gasteiger partial charge >= 0.3 is 0 Å². The summed E-state index contributed by atoms with van der Waals surface area (Å²) in [5, 5.41) is 2.73. The number of nitrogens with zero attached hydrogens (tertiary/aromatic N) is 1. The van der Waals surface area contributed by atoms with E-state index in [1.807, 2.05) is 6.92 Å². The summed E-state index contributed by atoms with van der Waals surface area (Å²) in [6.45, 7) is 2.16. The lowest BCUT2D eigenvalue weighted by atomic mass is 10.0. The molecular formula is C16H22N2O5S2. The van der Waals surface area contributed by atoms with Gasteiger partial charge in [0.15, 0.2) is 9.84 Å². The summed E-state index contributed by atoms with van der Waals surface area (Å²) in [5.74, 6) is -0.163. The fourth-order valence-electron chi connectivity index (χ4n) is 3.38. The van der Waals surface area contributed by atoms with E-state index in [-0.39, 0.29) is 28.9 Å². The number of hydrogen-bond donors (Lipinski definition) is 1. The van der Waals surface area contributed by atoms with Crippen LogP contribution in [-0.2, 0) is 31.1 Å². The third-order valence-corrected chi connectivity index (χ3v) is 8.34. The van der Waals surface area contributed by atoms with Crippen molar-refractivity contribution in [3.63, 3.8) is 0 Å². The Bertz CT molecular complexity index is 893. The van der Waals surface area contributed by atoms with Crippen LogP contribution in [0.4, 0.5) is 5.69 Å². The molecule has 25 heavy (non-hydrogen) atoms. The van der Waals surface area contributed by atoms with Crippen LogP contribution in [0.5, 0.6) is 0 Å². The van der Waals surface area contributed by atoms with Gasteiger partial charge in [-0.15, -0.1) is 0 Å². The molecule has 0 radical (unpaired) electrons. The van der Waals surface area contributed by atoms with Gasteiger partial charge in [0.05, 0.1) is 16.4 Å². The van der Waals surface area contributed by atoms with Gasteiger partial charge in [0.2, 0.25) is 15.9 Å². The lowest BCUT2D eigenvalue weighted by molar-refractivity contribution is -0.116. The average molecular weight is 386 g/mol. The first-order valence-corrected chi connectivity index (χ1v) is 11.6. The van der Waals surface area contributed by atoms with Crippen molar-refractivity contribution in [3.8, 4) is 0 Å². The molecular weight excluding hydrogens is 364 g/mol. The zero-order chi connectivity index (χ0) is 18.2. The second-order valence-corrected chi connectivity index (χ2v) is 10.7. The first kappa shape index (κ1) is 18.3. The number of hydrogen-bond acceptors (Lipinski definition) is 5. The molecule has 1 atom stereocenters. The Balaban J connectivity index is 1.94. The average Bonchev–Trinajstić information content (AvgIpc) is 2.91. The summed E-state index contributed by atoms with van der Waals surface area (Å²) in [7, 11) is -6.96. The summed E-state index contributed by atoms with van der Waals surface area (Å²) in [6, 6.07) is 4.17. The van der Waals surface area contributed by atoms with E-state index in [0.29, 0.717) is 31.4 Å². The number of anilines is 1. The second kappa shape index (κ2) is 6.69. The van der Waals surface area contributed by atoms with Crippen LogP contribution in [0.3, 0.4) is 0 Å². The number of sulfonamides is 1. The van der Waals surface area contributed by atoms with Crippen molar-refractivity contribution in [2.75, 3.05) is 23.4 Å². The van der Waals surface area contributed by atoms with E-state index in [9.17, 15) is 21.6 Å². The Hall–Kier alpha value is -1.45. The quantitative estimate of drug-likeness (QED) is 0.818. The van der Waals surface area contributed by atoms with Crippen LogP contribution in [0.2, 0.25) is 0 Å². The van der Waals surface area contributed by atoms with Gasteiger partial charge in [-0.25, -0.2) is 16.8 Å². The molecule has 0 aromatic heterocycles. The molecule has 0 saturated carbocycles. The first-order valence-electron chi connectivity index (χ1n) is 8.38. The summed E-state index contributed by atoms with van der Waals surface area (Å²) in [6.07, 6.45) is 1.77. The summed E-state index contributed by atoms with van der Waals surface area (Å²) >= 11 is 0. The third kappa shape index (κ3) is 3.73. The lowest BCUT2D eigenvalue weighted by Crippen LogP contribution is -2.41. The first-order chi connectivity index (χ1) is 11.7. The van der Waals surface area contributed by atoms with Crippen molar-refractivity contribution in [2.24, 2.45) is 0 Å². The number of carbonyl (C=O) groups is 1. The smallest absolute Gasteiger partial charge is 0.243 e. The zero-order valence-corrected chi connectivity index (χ0v) is 15.7. The monoisotopic (exact) mass is 386 g/mol. The van der Waals surface area contributed by atoms with Crippen molar-refractivity contribution < 1.29 is 21.6 Å². The second-order valence-electron chi connectivity index (χ2n) is 6.54. The molecule has 2 aliphatic heterocycles. The predicted octanol–water partition coefficient (Wildman–Crippen LogP) is 1.16. The minimum Gasteiger partial charge on any atom is -0.326 e. The Labute approximate surface area is 148 Å². The SMILES string of the molecule is CCCN([C@@H]1CCS(=O)(=O)C1)S(=O)(=O)c1ccc2c(c1)CCC(=O)N2. The van der Waals surface area contributed by atoms with Gasteiger partial charge in [-0.1, -0.05) is 6.92 Å². The fourth-order valence-corrected chi connectivity index (χ4v) is 7.00. The van der Waals surface area contributed by atoms with E-state index in [1.165, 1.54) is 10.4 Å². The normalized spacial score (nSPS) is 22.6. The molecule has 0 unspecified atom stereocenters. The van der Waals surface area contributed by atoms with E-state index < -0.39 is 25.9 Å². The highest BCUT2D eigenvalue weighted by atomic mass is 32.2. The molecule has 1 amide bonds. The van der Waals surface area contributed by atoms with Crippen LogP contribution in [0.15, 0.2) is 23.1 Å². The highest BCUT2D eigenvalue weighted by molar-refractivity contribution is 7.92. The maximum absolute atomic E-state index is 13.1. The number of aryl methyl sites for hydroxylation is 1. The molecule has 0 spiro atoms. The molecule has 1 aromatic rings. The minimum atomic E-state index is -3.79. The van der Waals surface area contributed by atoms with Crippen LogP contribution in [0.1, 0.15) is 31.7 Å². The molecule has 3 rings (SSSR count). The lowest BCUT2D eigenvalue weighted by Gasteiger charge is -2.27. The van der Waals surface area contributed by atoms with E-state index in [1.54, 1.807) is 12.1 Å². The number of amides is 1. The van der Waals surface area contributed by atoms with Crippen molar-refractivity contribution in [1.29, 1.82) is 0 Å². The molecule has 1 saturated heterocycles. The molecule has 1 aromatic carbocycles. The molecule has 9 heteroatoms. The molecule has 1 fully saturated rings. The minimum absolute atomic E-state index is 0.0314. The van der Waals surface area contributed by atoms with Crippen molar-refractivity contribution in [1.82, 2.24) is 4.31 Å². The predicted molar refractivity (Wildman–Crippen MR) is 94.6 cm³/mol. The molecule has 0 aliphatic carbocycles. The molecule has 1 N–H and O–H groups in total. The number of fused-ring (bicyclic) bond motifs is 1. The van der Waals surface area contributed by atoms with E-state index in [0.717, 1.165) is 5.56 Å². The molecule has 7 nitrogen and oxygen atoms in total. The van der Waals surface area contributed by atoms with E-state index >= 15 is 0 Å². The van der Waals surface area contributed by atoms with Gasteiger partial charge in [0, 0.05) is 24.7 Å². The van der Waals surface area contributed by atoms with Crippen LogP contribution < -0.4 is 5.32 Å². The molecule has 2 heterocycles. The van der Waals surface area contributed by atoms with Crippen LogP contribution >= 0.6 is 0 Å². The number of nitrogens with one attached hydrogen (secondary N) is 1. The molecule has 2 aliphatic rings. The van der Waals surface area contributed by atoms with Gasteiger partial charge < -0.3 is 5.32 Å². The highest BCUT2D eigenvalue weighted by Gasteiger charge is 2.38. The number of benzene rings is 1. The van der Waals surface area contributed by atoms with Gasteiger partial charge in [-0.3, -0.25) is 4.79 Å². The van der Waals surface area contributed by atoms with Crippen LogP contribution in [-0.4, -0.2) is 51.1 Å². The van der Waals surface area contributed by atoms with Gasteiger partial charge in [0.1, 0.15) is 0 Å². The summed E-state index contributed by atoms with van der Waals surface area (Å²) in [4.78, 5) is 11.6. The standard InChI is InChI=1S/C16H22N2O5S2/c1-2-8-18(13-7-9-24(20,21)11-13)25(22,23)14-4-5-15-12(10-14)3-6-16(19)17-15/h4-5,10,13H,2-3,6-9,11H2,1H3,(H,17,19)/t13-/m1/s1. The van der Waals surface area contributed by atoms with E-state index in [2.05, 4.69) is 5.32 Å². The van der Waals surface area contributed by atoms with Crippen LogP contribution in [0.25, 0.3) is 0 Å². The molecule has 138 valence electrons. The van der Waals surface area contributed by atoms with Gasteiger partial charge in [-0.2, -0.15) is 4.31 Å². The third-order valence-electron chi connectivity index (χ3n) is 4.64. The number of sulfone groups is 1. The topological polar surface area (TPSA) is 101 Å². The number of carbonyl (C=O) groups excluding carboxylic acids is 1. The zero-order valence-electron chi connectivity index (χ0n) is 14.1. The summed E-state index contributed by atoms with van der Waals surface area (Å²) < 4.78 is 51.1. The Morgan fingerprint density at radius 1 is 1.28 bits per heavy atom. The fraction of sp³-hybridized carbons (Fsp3) is 0.562. The van der Waals surface area contributed by atoms with Crippen molar-refractivity contribution >= 4 is 31.5 Å². The van der Waals surface area contributed by atoms with Gasteiger partial charge in [-0.05, 0) is 43.0 Å². The number of rotatable bonds is 5. The van der Waals surface area contributed by atoms with Crippen LogP contribution in [0, 0.1) is 0 Å². The maximum atomic E-state index is 13.1. The Morgan fingerprint density at radius 2 is 2.04 bits per heavy atom. The van der Waals surface area contributed by atoms with Crippen molar-refractivity contribution in [2.45, 2.75) is 43.5 Å². The summed E-state index contributed by atoms with van der Waals surface area (Å²) in [5.41, 5.74) is 1.43.